The summed E-state index contributed by atoms with van der Waals surface area (Å²) in [5.74, 6) is 1.15. The van der Waals surface area contributed by atoms with Crippen molar-refractivity contribution in [3.63, 3.8) is 0 Å². The highest BCUT2D eigenvalue weighted by atomic mass is 32.2. The molecular weight excluding hydrogens is 348 g/mol. The van der Waals surface area contributed by atoms with Crippen molar-refractivity contribution in [3.05, 3.63) is 42.5 Å². The van der Waals surface area contributed by atoms with E-state index in [2.05, 4.69) is 31.2 Å². The van der Waals surface area contributed by atoms with Gasteiger partial charge in [-0.25, -0.2) is 8.42 Å². The number of hydrogen-bond donors (Lipinski definition) is 0. The van der Waals surface area contributed by atoms with Gasteiger partial charge in [0, 0.05) is 5.75 Å². The van der Waals surface area contributed by atoms with Crippen molar-refractivity contribution < 1.29 is 17.7 Å². The van der Waals surface area contributed by atoms with E-state index in [0.717, 1.165) is 37.9 Å². The standard InChI is InChI=1S/C20H28O4S.CH4/c1-17(9-5-3-2-4-8-14-25(21,22)23)16-24-20-13-12-18-10-6-7-11-19(18)15-20;/h6-7,10-13,15,17H,2-5,8-9,14,16H2,1H3,(H,21,22,23);1H4/p-1. The number of ether oxygens (including phenoxy) is 1. The summed E-state index contributed by atoms with van der Waals surface area (Å²) in [5.41, 5.74) is 0. The molecule has 0 heterocycles. The topological polar surface area (TPSA) is 66.4 Å². The van der Waals surface area contributed by atoms with Crippen molar-refractivity contribution in [1.29, 1.82) is 0 Å². The number of rotatable bonds is 11. The molecule has 2 rings (SSSR count). The Bertz CT molecular complexity index is 755. The minimum absolute atomic E-state index is 0. The zero-order valence-electron chi connectivity index (χ0n) is 14.8. The van der Waals surface area contributed by atoms with E-state index in [4.69, 9.17) is 4.74 Å². The zero-order chi connectivity index (χ0) is 18.1. The average molecular weight is 380 g/mol. The lowest BCUT2D eigenvalue weighted by molar-refractivity contribution is 0.249. The van der Waals surface area contributed by atoms with E-state index in [-0.39, 0.29) is 13.2 Å². The van der Waals surface area contributed by atoms with Crippen molar-refractivity contribution in [2.75, 3.05) is 12.4 Å². The lowest BCUT2D eigenvalue weighted by Crippen LogP contribution is -2.08. The minimum atomic E-state index is -4.04. The summed E-state index contributed by atoms with van der Waals surface area (Å²) in [7, 11) is -4.04. The van der Waals surface area contributed by atoms with Crippen molar-refractivity contribution >= 4 is 20.9 Å². The average Bonchev–Trinajstić information content (AvgIpc) is 2.58. The lowest BCUT2D eigenvalue weighted by atomic mass is 10.0. The third kappa shape index (κ3) is 8.68. The minimum Gasteiger partial charge on any atom is -0.748 e. The van der Waals surface area contributed by atoms with Crippen LogP contribution in [0.4, 0.5) is 0 Å². The van der Waals surface area contributed by atoms with Crippen LogP contribution in [0.3, 0.4) is 0 Å². The van der Waals surface area contributed by atoms with E-state index < -0.39 is 10.1 Å². The summed E-state index contributed by atoms with van der Waals surface area (Å²) in [6.45, 7) is 2.89. The molecule has 0 saturated heterocycles. The van der Waals surface area contributed by atoms with Crippen LogP contribution in [0.2, 0.25) is 0 Å². The van der Waals surface area contributed by atoms with Crippen molar-refractivity contribution in [3.8, 4) is 5.75 Å². The van der Waals surface area contributed by atoms with Crippen LogP contribution in [0, 0.1) is 5.92 Å². The first-order valence-electron chi connectivity index (χ1n) is 8.99. The van der Waals surface area contributed by atoms with Crippen molar-refractivity contribution in [2.24, 2.45) is 5.92 Å². The molecule has 0 amide bonds. The SMILES string of the molecule is C.CC(CCCCCCCS(=O)(=O)[O-])COc1ccc2ccccc2c1. The van der Waals surface area contributed by atoms with Crippen LogP contribution in [0.25, 0.3) is 10.8 Å². The Labute approximate surface area is 158 Å². The molecule has 4 nitrogen and oxygen atoms in total. The molecule has 2 aromatic carbocycles. The van der Waals surface area contributed by atoms with Gasteiger partial charge in [-0.3, -0.25) is 0 Å². The third-order valence-electron chi connectivity index (χ3n) is 4.35. The highest BCUT2D eigenvalue weighted by Crippen LogP contribution is 2.21. The Morgan fingerprint density at radius 3 is 2.35 bits per heavy atom. The molecular formula is C21H31O4S-. The molecule has 146 valence electrons. The first kappa shape index (κ1) is 22.5. The van der Waals surface area contributed by atoms with Gasteiger partial charge in [0.05, 0.1) is 16.7 Å². The predicted octanol–water partition coefficient (Wildman–Crippen LogP) is 5.38. The fourth-order valence-corrected chi connectivity index (χ4v) is 3.44. The Hall–Kier alpha value is -1.59. The zero-order valence-corrected chi connectivity index (χ0v) is 15.6. The monoisotopic (exact) mass is 379 g/mol. The maximum absolute atomic E-state index is 10.5. The van der Waals surface area contributed by atoms with Crippen LogP contribution in [-0.4, -0.2) is 25.3 Å². The lowest BCUT2D eigenvalue weighted by Gasteiger charge is -2.13. The van der Waals surface area contributed by atoms with E-state index >= 15 is 0 Å². The molecule has 1 unspecified atom stereocenters. The Kier molecular flexibility index (Phi) is 9.66. The van der Waals surface area contributed by atoms with Crippen LogP contribution in [0.1, 0.15) is 52.9 Å². The maximum atomic E-state index is 10.5. The van der Waals surface area contributed by atoms with Crippen LogP contribution in [0.5, 0.6) is 5.75 Å². The summed E-state index contributed by atoms with van der Waals surface area (Å²) in [6.07, 6.45) is 5.53. The number of fused-ring (bicyclic) bond motifs is 1. The fourth-order valence-electron chi connectivity index (χ4n) is 2.88. The van der Waals surface area contributed by atoms with E-state index in [9.17, 15) is 13.0 Å². The van der Waals surface area contributed by atoms with E-state index in [1.54, 1.807) is 0 Å². The van der Waals surface area contributed by atoms with Crippen LogP contribution in [0.15, 0.2) is 42.5 Å². The Morgan fingerprint density at radius 1 is 0.962 bits per heavy atom. The van der Waals surface area contributed by atoms with Crippen molar-refractivity contribution in [2.45, 2.75) is 52.9 Å². The van der Waals surface area contributed by atoms with Gasteiger partial charge in [0.15, 0.2) is 0 Å². The Balaban J connectivity index is 0.00000338. The van der Waals surface area contributed by atoms with Gasteiger partial charge in [-0.15, -0.1) is 0 Å². The molecule has 26 heavy (non-hydrogen) atoms. The highest BCUT2D eigenvalue weighted by Gasteiger charge is 2.04. The third-order valence-corrected chi connectivity index (χ3v) is 5.14. The molecule has 2 aromatic rings. The van der Waals surface area contributed by atoms with Crippen LogP contribution < -0.4 is 4.74 Å². The normalized spacial score (nSPS) is 12.5. The van der Waals surface area contributed by atoms with Gasteiger partial charge in [-0.2, -0.15) is 0 Å². The van der Waals surface area contributed by atoms with Gasteiger partial charge in [-0.05, 0) is 41.7 Å². The highest BCUT2D eigenvalue weighted by molar-refractivity contribution is 7.85. The van der Waals surface area contributed by atoms with E-state index in [1.807, 2.05) is 18.2 Å². The second-order valence-electron chi connectivity index (χ2n) is 6.74. The molecule has 0 spiro atoms. The number of hydrogen-bond acceptors (Lipinski definition) is 4. The smallest absolute Gasteiger partial charge is 0.119 e. The first-order valence-corrected chi connectivity index (χ1v) is 10.6. The molecule has 0 aromatic heterocycles. The predicted molar refractivity (Wildman–Crippen MR) is 108 cm³/mol. The molecule has 0 saturated carbocycles. The summed E-state index contributed by atoms with van der Waals surface area (Å²) in [4.78, 5) is 0. The Morgan fingerprint density at radius 2 is 1.62 bits per heavy atom. The summed E-state index contributed by atoms with van der Waals surface area (Å²) in [5, 5.41) is 2.40. The molecule has 0 bridgehead atoms. The quantitative estimate of drug-likeness (QED) is 0.388. The number of benzene rings is 2. The van der Waals surface area contributed by atoms with E-state index in [1.165, 1.54) is 10.8 Å². The molecule has 0 aliphatic rings. The van der Waals surface area contributed by atoms with Crippen LogP contribution in [-0.2, 0) is 10.1 Å². The molecule has 0 aliphatic heterocycles. The van der Waals surface area contributed by atoms with Gasteiger partial charge < -0.3 is 9.29 Å². The van der Waals surface area contributed by atoms with E-state index in [0.29, 0.717) is 18.9 Å². The molecule has 0 N–H and O–H groups in total. The molecule has 0 fully saturated rings. The second kappa shape index (κ2) is 11.2. The number of unbranched alkanes of at least 4 members (excludes halogenated alkanes) is 4. The maximum Gasteiger partial charge on any atom is 0.119 e. The van der Waals surface area contributed by atoms with Gasteiger partial charge >= 0.3 is 0 Å². The molecule has 5 heteroatoms. The molecule has 0 radical (unpaired) electrons. The summed E-state index contributed by atoms with van der Waals surface area (Å²) < 4.78 is 37.4. The molecule has 1 atom stereocenters. The van der Waals surface area contributed by atoms with Gasteiger partial charge in [0.1, 0.15) is 5.75 Å². The largest absolute Gasteiger partial charge is 0.748 e. The fraction of sp³-hybridized carbons (Fsp3) is 0.524. The molecule has 0 aliphatic carbocycles. The van der Waals surface area contributed by atoms with Crippen LogP contribution >= 0.6 is 0 Å². The second-order valence-corrected chi connectivity index (χ2v) is 8.27. The summed E-state index contributed by atoms with van der Waals surface area (Å²) >= 11 is 0. The summed E-state index contributed by atoms with van der Waals surface area (Å²) in [6, 6.07) is 14.4. The van der Waals surface area contributed by atoms with Gasteiger partial charge in [0.25, 0.3) is 0 Å². The van der Waals surface area contributed by atoms with Crippen molar-refractivity contribution in [1.82, 2.24) is 0 Å². The van der Waals surface area contributed by atoms with Gasteiger partial charge in [0.2, 0.25) is 0 Å². The first-order chi connectivity index (χ1) is 11.9. The van der Waals surface area contributed by atoms with Gasteiger partial charge in [-0.1, -0.05) is 70.4 Å².